The number of hydrogen-bond donors (Lipinski definition) is 1. The smallest absolute Gasteiger partial charge is 0.158 e. The largest absolute Gasteiger partial charge is 0.382 e. The van der Waals surface area contributed by atoms with Crippen LogP contribution in [0.15, 0.2) is 16.6 Å². The Bertz CT molecular complexity index is 517. The molecule has 2 N–H and O–H groups in total. The highest BCUT2D eigenvalue weighted by atomic mass is 79.9. The van der Waals surface area contributed by atoms with Crippen LogP contribution in [-0.2, 0) is 0 Å². The number of rotatable bonds is 0. The van der Waals surface area contributed by atoms with E-state index in [0.717, 1.165) is 0 Å². The molecule has 0 saturated carbocycles. The number of nitrogens with zero attached hydrogens (tertiary/aromatic N) is 2. The molecule has 0 fully saturated rings. The molecule has 2 rings (SSSR count). The van der Waals surface area contributed by atoms with Gasteiger partial charge < -0.3 is 5.73 Å². The molecule has 0 radical (unpaired) electrons. The highest BCUT2D eigenvalue weighted by molar-refractivity contribution is 9.10. The Balaban J connectivity index is 2.91. The van der Waals surface area contributed by atoms with Gasteiger partial charge in [-0.2, -0.15) is 0 Å². The van der Waals surface area contributed by atoms with Gasteiger partial charge in [0.1, 0.15) is 16.4 Å². The molecule has 0 amide bonds. The Morgan fingerprint density at radius 3 is 2.79 bits per heavy atom. The van der Waals surface area contributed by atoms with Gasteiger partial charge in [0.15, 0.2) is 5.82 Å². The predicted molar refractivity (Wildman–Crippen MR) is 56.6 cm³/mol. The van der Waals surface area contributed by atoms with Crippen LogP contribution < -0.4 is 5.73 Å². The topological polar surface area (TPSA) is 51.8 Å². The number of halogens is 3. The molecule has 1 heterocycles. The van der Waals surface area contributed by atoms with E-state index in [2.05, 4.69) is 26.1 Å². The van der Waals surface area contributed by atoms with E-state index in [-0.39, 0.29) is 15.3 Å². The molecule has 0 aliphatic heterocycles. The van der Waals surface area contributed by atoms with Crippen molar-refractivity contribution in [2.24, 2.45) is 0 Å². The molecule has 72 valence electrons. The van der Waals surface area contributed by atoms with Gasteiger partial charge in [-0.25, -0.2) is 4.39 Å². The molecule has 6 heteroatoms. The number of anilines is 1. The normalized spacial score (nSPS) is 10.8. The molecular formula is C8H4BrClFN3. The van der Waals surface area contributed by atoms with Crippen LogP contribution in [0.4, 0.5) is 10.2 Å². The van der Waals surface area contributed by atoms with E-state index < -0.39 is 5.82 Å². The summed E-state index contributed by atoms with van der Waals surface area (Å²) < 4.78 is 13.6. The highest BCUT2D eigenvalue weighted by Crippen LogP contribution is 2.30. The number of aromatic nitrogens is 2. The first kappa shape index (κ1) is 9.61. The number of nitrogen functional groups attached to an aromatic ring is 1. The van der Waals surface area contributed by atoms with E-state index in [9.17, 15) is 4.39 Å². The highest BCUT2D eigenvalue weighted by Gasteiger charge is 2.11. The second-order valence-electron chi connectivity index (χ2n) is 2.69. The van der Waals surface area contributed by atoms with E-state index in [0.29, 0.717) is 10.9 Å². The standard InChI is InChI=1S/C8H4BrClFN3/c9-4-1-3-2-5(12)13-14-8(3)6(10)7(4)11/h1-2H,(H2,12,13). The Morgan fingerprint density at radius 2 is 2.07 bits per heavy atom. The summed E-state index contributed by atoms with van der Waals surface area (Å²) in [5.41, 5.74) is 5.74. The van der Waals surface area contributed by atoms with Crippen molar-refractivity contribution in [1.82, 2.24) is 10.2 Å². The first-order valence-corrected chi connectivity index (χ1v) is 4.83. The van der Waals surface area contributed by atoms with Crippen molar-refractivity contribution in [2.45, 2.75) is 0 Å². The summed E-state index contributed by atoms with van der Waals surface area (Å²) in [5, 5.41) is 7.91. The fourth-order valence-electron chi connectivity index (χ4n) is 1.11. The summed E-state index contributed by atoms with van der Waals surface area (Å²) in [4.78, 5) is 0. The molecular weight excluding hydrogens is 272 g/mol. The quantitative estimate of drug-likeness (QED) is 0.753. The zero-order valence-corrected chi connectivity index (χ0v) is 9.10. The van der Waals surface area contributed by atoms with Crippen LogP contribution in [0.3, 0.4) is 0 Å². The van der Waals surface area contributed by atoms with Crippen LogP contribution in [-0.4, -0.2) is 10.2 Å². The van der Waals surface area contributed by atoms with Gasteiger partial charge in [-0.05, 0) is 28.1 Å². The summed E-state index contributed by atoms with van der Waals surface area (Å²) in [7, 11) is 0. The lowest BCUT2D eigenvalue weighted by Crippen LogP contribution is -1.94. The summed E-state index contributed by atoms with van der Waals surface area (Å²) in [6, 6.07) is 3.14. The van der Waals surface area contributed by atoms with Gasteiger partial charge in [0.05, 0.1) is 4.47 Å². The third-order valence-corrected chi connectivity index (χ3v) is 2.66. The average molecular weight is 276 g/mol. The van der Waals surface area contributed by atoms with Crippen molar-refractivity contribution in [3.8, 4) is 0 Å². The molecule has 0 spiro atoms. The Kier molecular flexibility index (Phi) is 2.28. The lowest BCUT2D eigenvalue weighted by atomic mass is 10.2. The monoisotopic (exact) mass is 275 g/mol. The van der Waals surface area contributed by atoms with Gasteiger partial charge in [-0.15, -0.1) is 10.2 Å². The lowest BCUT2D eigenvalue weighted by molar-refractivity contribution is 0.623. The molecule has 0 bridgehead atoms. The van der Waals surface area contributed by atoms with Gasteiger partial charge in [0, 0.05) is 5.39 Å². The van der Waals surface area contributed by atoms with E-state index in [1.165, 1.54) is 0 Å². The number of benzene rings is 1. The van der Waals surface area contributed by atoms with Crippen LogP contribution in [0.5, 0.6) is 0 Å². The van der Waals surface area contributed by atoms with E-state index >= 15 is 0 Å². The van der Waals surface area contributed by atoms with Crippen molar-refractivity contribution in [1.29, 1.82) is 0 Å². The first-order valence-electron chi connectivity index (χ1n) is 3.66. The van der Waals surface area contributed by atoms with Crippen molar-refractivity contribution in [2.75, 3.05) is 5.73 Å². The van der Waals surface area contributed by atoms with Crippen molar-refractivity contribution in [3.05, 3.63) is 27.4 Å². The molecule has 2 aromatic rings. The summed E-state index contributed by atoms with van der Waals surface area (Å²) in [6.07, 6.45) is 0. The van der Waals surface area contributed by atoms with Crippen LogP contribution in [0.25, 0.3) is 10.9 Å². The van der Waals surface area contributed by atoms with Crippen molar-refractivity contribution in [3.63, 3.8) is 0 Å². The number of nitrogens with two attached hydrogens (primary N) is 1. The summed E-state index contributed by atoms with van der Waals surface area (Å²) in [5.74, 6) is -0.273. The van der Waals surface area contributed by atoms with E-state index in [4.69, 9.17) is 17.3 Å². The summed E-state index contributed by atoms with van der Waals surface area (Å²) >= 11 is 8.78. The second-order valence-corrected chi connectivity index (χ2v) is 3.93. The molecule has 3 nitrogen and oxygen atoms in total. The predicted octanol–water partition coefficient (Wildman–Crippen LogP) is 2.77. The molecule has 0 atom stereocenters. The summed E-state index contributed by atoms with van der Waals surface area (Å²) in [6.45, 7) is 0. The minimum absolute atomic E-state index is 0.0538. The molecule has 0 saturated heterocycles. The maximum atomic E-state index is 13.3. The minimum atomic E-state index is -0.543. The molecule has 1 aromatic heterocycles. The fourth-order valence-corrected chi connectivity index (χ4v) is 1.92. The van der Waals surface area contributed by atoms with Crippen molar-refractivity contribution >= 4 is 44.3 Å². The number of fused-ring (bicyclic) bond motifs is 1. The van der Waals surface area contributed by atoms with Crippen LogP contribution in [0, 0.1) is 5.82 Å². The van der Waals surface area contributed by atoms with Crippen LogP contribution in [0.2, 0.25) is 5.02 Å². The van der Waals surface area contributed by atoms with Gasteiger partial charge in [0.25, 0.3) is 0 Å². The van der Waals surface area contributed by atoms with Crippen LogP contribution >= 0.6 is 27.5 Å². The maximum absolute atomic E-state index is 13.3. The number of hydrogen-bond acceptors (Lipinski definition) is 3. The Labute approximate surface area is 92.2 Å². The zero-order chi connectivity index (χ0) is 10.3. The third kappa shape index (κ3) is 1.42. The second kappa shape index (κ2) is 3.33. The van der Waals surface area contributed by atoms with Gasteiger partial charge >= 0.3 is 0 Å². The van der Waals surface area contributed by atoms with Gasteiger partial charge in [-0.1, -0.05) is 11.6 Å². The SMILES string of the molecule is Nc1cc2cc(Br)c(F)c(Cl)c2nn1. The average Bonchev–Trinajstić information content (AvgIpc) is 2.14. The molecule has 0 aliphatic carbocycles. The minimum Gasteiger partial charge on any atom is -0.382 e. The van der Waals surface area contributed by atoms with Gasteiger partial charge in [0.2, 0.25) is 0 Å². The van der Waals surface area contributed by atoms with Gasteiger partial charge in [-0.3, -0.25) is 0 Å². The lowest BCUT2D eigenvalue weighted by Gasteiger charge is -2.02. The molecule has 1 aromatic carbocycles. The van der Waals surface area contributed by atoms with E-state index in [1.807, 2.05) is 0 Å². The first-order chi connectivity index (χ1) is 6.59. The molecule has 14 heavy (non-hydrogen) atoms. The molecule has 0 unspecified atom stereocenters. The van der Waals surface area contributed by atoms with Crippen LogP contribution in [0.1, 0.15) is 0 Å². The molecule has 0 aliphatic rings. The Morgan fingerprint density at radius 1 is 1.36 bits per heavy atom. The Hall–Kier alpha value is -0.940. The zero-order valence-electron chi connectivity index (χ0n) is 6.76. The van der Waals surface area contributed by atoms with E-state index in [1.54, 1.807) is 12.1 Å². The fraction of sp³-hybridized carbons (Fsp3) is 0. The third-order valence-electron chi connectivity index (χ3n) is 1.73. The maximum Gasteiger partial charge on any atom is 0.158 e. The van der Waals surface area contributed by atoms with Crippen molar-refractivity contribution < 1.29 is 4.39 Å².